The lowest BCUT2D eigenvalue weighted by Crippen LogP contribution is -2.39. The predicted molar refractivity (Wildman–Crippen MR) is 189 cm³/mol. The number of aromatic nitrogens is 5. The van der Waals surface area contributed by atoms with Crippen LogP contribution in [0, 0.1) is 17.8 Å². The van der Waals surface area contributed by atoms with Gasteiger partial charge >= 0.3 is 6.18 Å². The third-order valence-corrected chi connectivity index (χ3v) is 12.4. The molecule has 2 saturated carbocycles. The second kappa shape index (κ2) is 13.2. The van der Waals surface area contributed by atoms with Gasteiger partial charge in [-0.15, -0.1) is 0 Å². The standard InChI is InChI=1S/C36H50F3N7O3Si/c1-35(2)48-31-24(16-29(32(31)49-35)45-10-9-26-33(40)41-20-42-34(26)45)19-44(3)18-23-13-22(14-23)15-30-43-27-17-25(36(37,38)39)7-8-28(27)46(30)21-47-11-12-50(4,5)6/h7-10,17,20,22-24,29,31-32H,11-16,18-19,21H2,1-6H3,(H2,40,41,42)/t22?,23?,24-,29?,31-,32?/m1/s1. The number of imidazole rings is 1. The molecule has 3 fully saturated rings. The molecule has 2 unspecified atom stereocenters. The van der Waals surface area contributed by atoms with Gasteiger partial charge in [-0.2, -0.15) is 13.2 Å². The Morgan fingerprint density at radius 2 is 1.80 bits per heavy atom. The molecule has 14 heteroatoms. The molecule has 1 saturated heterocycles. The van der Waals surface area contributed by atoms with Crippen LogP contribution in [0.5, 0.6) is 0 Å². The molecule has 272 valence electrons. The Labute approximate surface area is 292 Å². The van der Waals surface area contributed by atoms with Crippen molar-refractivity contribution in [3.63, 3.8) is 0 Å². The Bertz CT molecular complexity index is 1830. The van der Waals surface area contributed by atoms with Crippen molar-refractivity contribution in [2.75, 3.05) is 32.5 Å². The van der Waals surface area contributed by atoms with Crippen LogP contribution in [0.4, 0.5) is 19.0 Å². The van der Waals surface area contributed by atoms with Crippen LogP contribution in [0.1, 0.15) is 50.5 Å². The lowest BCUT2D eigenvalue weighted by atomic mass is 9.73. The van der Waals surface area contributed by atoms with E-state index in [0.717, 1.165) is 73.8 Å². The smallest absolute Gasteiger partial charge is 0.383 e. The molecule has 1 aliphatic heterocycles. The highest BCUT2D eigenvalue weighted by Gasteiger charge is 2.55. The minimum absolute atomic E-state index is 0.0259. The summed E-state index contributed by atoms with van der Waals surface area (Å²) in [5, 5.41) is 0.846. The molecule has 0 bridgehead atoms. The van der Waals surface area contributed by atoms with Gasteiger partial charge in [0.2, 0.25) is 0 Å². The molecule has 4 heterocycles. The zero-order valence-electron chi connectivity index (χ0n) is 29.9. The first-order valence-corrected chi connectivity index (χ1v) is 21.5. The molecule has 1 aromatic carbocycles. The van der Waals surface area contributed by atoms with Crippen molar-refractivity contribution >= 4 is 36.0 Å². The van der Waals surface area contributed by atoms with Crippen LogP contribution >= 0.6 is 0 Å². The number of rotatable bonds is 12. The molecule has 0 amide bonds. The van der Waals surface area contributed by atoms with Crippen LogP contribution in [0.2, 0.25) is 25.7 Å². The third-order valence-electron chi connectivity index (χ3n) is 10.7. The lowest BCUT2D eigenvalue weighted by molar-refractivity contribution is -0.161. The van der Waals surface area contributed by atoms with Gasteiger partial charge in [0.1, 0.15) is 36.5 Å². The summed E-state index contributed by atoms with van der Waals surface area (Å²) in [7, 11) is 0.911. The zero-order chi connectivity index (χ0) is 35.6. The van der Waals surface area contributed by atoms with Gasteiger partial charge in [0.05, 0.1) is 34.1 Å². The van der Waals surface area contributed by atoms with Crippen molar-refractivity contribution in [2.45, 2.75) is 102 Å². The van der Waals surface area contributed by atoms with E-state index < -0.39 is 25.6 Å². The van der Waals surface area contributed by atoms with E-state index in [1.807, 2.05) is 30.7 Å². The fourth-order valence-corrected chi connectivity index (χ4v) is 9.08. The highest BCUT2D eigenvalue weighted by atomic mass is 28.3. The molecule has 7 rings (SSSR count). The third kappa shape index (κ3) is 7.32. The summed E-state index contributed by atoms with van der Waals surface area (Å²) in [4.78, 5) is 15.8. The molecule has 2 N–H and O–H groups in total. The van der Waals surface area contributed by atoms with E-state index in [4.69, 9.17) is 24.9 Å². The highest BCUT2D eigenvalue weighted by molar-refractivity contribution is 6.76. The maximum Gasteiger partial charge on any atom is 0.416 e. The first-order valence-electron chi connectivity index (χ1n) is 17.8. The number of anilines is 1. The van der Waals surface area contributed by atoms with Gasteiger partial charge in [-0.1, -0.05) is 19.6 Å². The SMILES string of the molecule is CN(CC1CC(Cc2nc3cc(C(F)(F)F)ccc3n2COCC[Si](C)(C)C)C1)C[C@H]1CC(n2ccc3c(N)ncnc32)C2OC(C)(C)O[C@@H]21. The van der Waals surface area contributed by atoms with Crippen LogP contribution in [-0.2, 0) is 33.5 Å². The Morgan fingerprint density at radius 3 is 2.54 bits per heavy atom. The number of alkyl halides is 3. The summed E-state index contributed by atoms with van der Waals surface area (Å²) in [6.07, 6.45) is 2.76. The van der Waals surface area contributed by atoms with Crippen molar-refractivity contribution in [3.05, 3.63) is 48.2 Å². The molecule has 2 aliphatic carbocycles. The van der Waals surface area contributed by atoms with E-state index in [2.05, 4.69) is 46.1 Å². The fourth-order valence-electron chi connectivity index (χ4n) is 8.32. The summed E-state index contributed by atoms with van der Waals surface area (Å²) in [5.41, 5.74) is 7.34. The Balaban J connectivity index is 0.981. The second-order valence-electron chi connectivity index (χ2n) is 16.5. The number of nitrogens with zero attached hydrogens (tertiary/aromatic N) is 6. The van der Waals surface area contributed by atoms with E-state index in [1.165, 1.54) is 12.4 Å². The number of hydrogen-bond donors (Lipinski definition) is 1. The molecule has 4 atom stereocenters. The number of benzene rings is 1. The summed E-state index contributed by atoms with van der Waals surface area (Å²) < 4.78 is 63.7. The van der Waals surface area contributed by atoms with Crippen LogP contribution < -0.4 is 5.73 Å². The largest absolute Gasteiger partial charge is 0.416 e. The van der Waals surface area contributed by atoms with Gasteiger partial charge in [0.25, 0.3) is 0 Å². The van der Waals surface area contributed by atoms with Crippen LogP contribution in [0.25, 0.3) is 22.1 Å². The average molecular weight is 714 g/mol. The van der Waals surface area contributed by atoms with Crippen LogP contribution in [0.15, 0.2) is 36.8 Å². The first kappa shape index (κ1) is 35.4. The summed E-state index contributed by atoms with van der Waals surface area (Å²) >= 11 is 0. The zero-order valence-corrected chi connectivity index (χ0v) is 30.9. The Kier molecular flexibility index (Phi) is 9.32. The molecule has 50 heavy (non-hydrogen) atoms. The summed E-state index contributed by atoms with van der Waals surface area (Å²) in [6.45, 7) is 13.7. The normalized spacial score (nSPS) is 26.7. The van der Waals surface area contributed by atoms with E-state index >= 15 is 0 Å². The molecular formula is C36H50F3N7O3Si. The minimum atomic E-state index is -4.41. The number of hydrogen-bond acceptors (Lipinski definition) is 8. The van der Waals surface area contributed by atoms with Gasteiger partial charge in [-0.3, -0.25) is 0 Å². The Hall–Kier alpha value is -3.04. The van der Waals surface area contributed by atoms with Gasteiger partial charge in [0.15, 0.2) is 5.79 Å². The number of ether oxygens (including phenoxy) is 3. The summed E-state index contributed by atoms with van der Waals surface area (Å²) in [5.74, 6) is 1.88. The molecule has 3 aromatic heterocycles. The van der Waals surface area contributed by atoms with Gasteiger partial charge in [-0.05, 0) is 82.3 Å². The average Bonchev–Trinajstić information content (AvgIpc) is 3.74. The fraction of sp³-hybridized carbons (Fsp3) is 0.639. The predicted octanol–water partition coefficient (Wildman–Crippen LogP) is 6.98. The van der Waals surface area contributed by atoms with Crippen molar-refractivity contribution < 1.29 is 27.4 Å². The molecular weight excluding hydrogens is 664 g/mol. The van der Waals surface area contributed by atoms with E-state index in [0.29, 0.717) is 42.0 Å². The van der Waals surface area contributed by atoms with Crippen LogP contribution in [0.3, 0.4) is 0 Å². The maximum atomic E-state index is 13.5. The molecule has 0 spiro atoms. The van der Waals surface area contributed by atoms with Crippen molar-refractivity contribution in [3.8, 4) is 0 Å². The van der Waals surface area contributed by atoms with Gasteiger partial charge < -0.3 is 34.0 Å². The lowest BCUT2D eigenvalue weighted by Gasteiger charge is -2.38. The molecule has 10 nitrogen and oxygen atoms in total. The molecule has 0 radical (unpaired) electrons. The van der Waals surface area contributed by atoms with E-state index in [1.54, 1.807) is 0 Å². The highest BCUT2D eigenvalue weighted by Crippen LogP contribution is 2.48. The second-order valence-corrected chi connectivity index (χ2v) is 22.1. The van der Waals surface area contributed by atoms with Gasteiger partial charge in [-0.25, -0.2) is 15.0 Å². The quantitative estimate of drug-likeness (QED) is 0.124. The molecule has 3 aliphatic rings. The number of nitrogens with two attached hydrogens (primary N) is 1. The Morgan fingerprint density at radius 1 is 1.04 bits per heavy atom. The van der Waals surface area contributed by atoms with Gasteiger partial charge in [0, 0.05) is 46.3 Å². The van der Waals surface area contributed by atoms with E-state index in [-0.39, 0.29) is 24.2 Å². The summed E-state index contributed by atoms with van der Waals surface area (Å²) in [6, 6.07) is 6.92. The van der Waals surface area contributed by atoms with Crippen molar-refractivity contribution in [1.82, 2.24) is 29.0 Å². The number of fused-ring (bicyclic) bond motifs is 3. The van der Waals surface area contributed by atoms with Crippen molar-refractivity contribution in [1.29, 1.82) is 0 Å². The molecule has 4 aromatic rings. The van der Waals surface area contributed by atoms with Crippen molar-refractivity contribution in [2.24, 2.45) is 17.8 Å². The maximum absolute atomic E-state index is 13.5. The van der Waals surface area contributed by atoms with Crippen LogP contribution in [-0.4, -0.2) is 81.8 Å². The number of halogens is 3. The minimum Gasteiger partial charge on any atom is -0.383 e. The van der Waals surface area contributed by atoms with E-state index in [9.17, 15) is 13.2 Å². The first-order chi connectivity index (χ1) is 23.5. The topological polar surface area (TPSA) is 105 Å². The number of nitrogen functional groups attached to an aromatic ring is 1. The monoisotopic (exact) mass is 713 g/mol.